The highest BCUT2D eigenvalue weighted by molar-refractivity contribution is 5.97. The van der Waals surface area contributed by atoms with Gasteiger partial charge in [-0.3, -0.25) is 4.98 Å². The maximum absolute atomic E-state index is 11.3. The molecule has 2 N–H and O–H groups in total. The molecule has 0 saturated heterocycles. The Balaban J connectivity index is 1.89. The van der Waals surface area contributed by atoms with E-state index < -0.39 is 5.97 Å². The van der Waals surface area contributed by atoms with Crippen LogP contribution in [0.5, 0.6) is 0 Å². The summed E-state index contributed by atoms with van der Waals surface area (Å²) in [6, 6.07) is 7.77. The highest BCUT2D eigenvalue weighted by Gasteiger charge is 2.17. The van der Waals surface area contributed by atoms with Gasteiger partial charge in [0.1, 0.15) is 11.8 Å². The number of rotatable bonds is 3. The molecule has 4 rings (SSSR count). The number of nitrogens with zero attached hydrogens (tertiary/aromatic N) is 4. The Labute approximate surface area is 136 Å². The first kappa shape index (κ1) is 14.1. The van der Waals surface area contributed by atoms with Crippen LogP contribution in [-0.2, 0) is 0 Å². The van der Waals surface area contributed by atoms with E-state index in [1.165, 1.54) is 17.0 Å². The minimum Gasteiger partial charge on any atom is -0.478 e. The Hall–Kier alpha value is -3.48. The minimum absolute atomic E-state index is 0.209. The molecule has 0 aliphatic heterocycles. The molecule has 3 aromatic heterocycles. The van der Waals surface area contributed by atoms with Gasteiger partial charge >= 0.3 is 5.97 Å². The van der Waals surface area contributed by atoms with E-state index in [1.54, 1.807) is 19.3 Å². The van der Waals surface area contributed by atoms with Crippen LogP contribution in [0.15, 0.2) is 49.2 Å². The van der Waals surface area contributed by atoms with Gasteiger partial charge in [-0.25, -0.2) is 14.3 Å². The van der Waals surface area contributed by atoms with Crippen molar-refractivity contribution in [2.24, 2.45) is 0 Å². The zero-order valence-electron chi connectivity index (χ0n) is 12.8. The first-order valence-corrected chi connectivity index (χ1v) is 7.31. The zero-order valence-corrected chi connectivity index (χ0v) is 12.8. The van der Waals surface area contributed by atoms with E-state index in [1.807, 2.05) is 24.3 Å². The van der Waals surface area contributed by atoms with Crippen LogP contribution in [0.25, 0.3) is 16.3 Å². The summed E-state index contributed by atoms with van der Waals surface area (Å²) in [5.74, 6) is -0.431. The van der Waals surface area contributed by atoms with Gasteiger partial charge < -0.3 is 10.4 Å². The van der Waals surface area contributed by atoms with Crippen molar-refractivity contribution in [3.05, 3.63) is 60.3 Å². The predicted molar refractivity (Wildman–Crippen MR) is 89.7 cm³/mol. The average molecular weight is 319 g/mol. The van der Waals surface area contributed by atoms with Gasteiger partial charge in [0.15, 0.2) is 5.82 Å². The fourth-order valence-corrected chi connectivity index (χ4v) is 2.83. The van der Waals surface area contributed by atoms with E-state index >= 15 is 0 Å². The normalized spacial score (nSPS) is 11.0. The number of carboxylic acids is 1. The largest absolute Gasteiger partial charge is 0.478 e. The molecule has 0 saturated carbocycles. The molecule has 0 unspecified atom stereocenters. The van der Waals surface area contributed by atoms with Crippen LogP contribution in [0.3, 0.4) is 0 Å². The lowest BCUT2D eigenvalue weighted by Gasteiger charge is -2.10. The second-order valence-electron chi connectivity index (χ2n) is 5.40. The third-order valence-electron chi connectivity index (χ3n) is 3.99. The van der Waals surface area contributed by atoms with E-state index in [9.17, 15) is 9.90 Å². The van der Waals surface area contributed by atoms with Crippen LogP contribution in [0.2, 0.25) is 0 Å². The number of aromatic carboxylic acids is 1. The first-order valence-electron chi connectivity index (χ1n) is 7.31. The fourth-order valence-electron chi connectivity index (χ4n) is 2.83. The van der Waals surface area contributed by atoms with Crippen molar-refractivity contribution >= 4 is 33.8 Å². The number of aryl methyl sites for hydroxylation is 1. The maximum atomic E-state index is 11.3. The summed E-state index contributed by atoms with van der Waals surface area (Å²) in [5.41, 5.74) is 2.34. The number of benzene rings is 1. The number of fused-ring (bicyclic) bond motifs is 2. The fraction of sp³-hybridized carbons (Fsp3) is 0.0588. The number of aromatic nitrogens is 4. The standard InChI is InChI=1S/C17H13N5O2/c1-10-13(17(23)24)8-22-15(10)16(19-9-20-22)21-14-4-2-3-11-7-18-6-5-12(11)14/h2-9H,1H3,(H,23,24)(H,19,20,21). The van der Waals surface area contributed by atoms with Crippen LogP contribution in [0, 0.1) is 6.92 Å². The summed E-state index contributed by atoms with van der Waals surface area (Å²) >= 11 is 0. The number of carbonyl (C=O) groups is 1. The molecule has 24 heavy (non-hydrogen) atoms. The van der Waals surface area contributed by atoms with E-state index in [0.717, 1.165) is 16.5 Å². The second-order valence-corrected chi connectivity index (χ2v) is 5.40. The van der Waals surface area contributed by atoms with Crippen molar-refractivity contribution in [3.63, 3.8) is 0 Å². The van der Waals surface area contributed by atoms with E-state index in [-0.39, 0.29) is 5.56 Å². The summed E-state index contributed by atoms with van der Waals surface area (Å²) in [4.78, 5) is 19.8. The maximum Gasteiger partial charge on any atom is 0.337 e. The van der Waals surface area contributed by atoms with Crippen molar-refractivity contribution < 1.29 is 9.90 Å². The van der Waals surface area contributed by atoms with E-state index in [4.69, 9.17) is 0 Å². The molecule has 0 aliphatic rings. The molecule has 0 atom stereocenters. The van der Waals surface area contributed by atoms with Crippen LogP contribution in [0.4, 0.5) is 11.5 Å². The van der Waals surface area contributed by atoms with Gasteiger partial charge in [-0.05, 0) is 24.6 Å². The number of hydrogen-bond acceptors (Lipinski definition) is 5. The number of pyridine rings is 1. The van der Waals surface area contributed by atoms with Crippen molar-refractivity contribution in [3.8, 4) is 0 Å². The van der Waals surface area contributed by atoms with E-state index in [2.05, 4.69) is 20.4 Å². The summed E-state index contributed by atoms with van der Waals surface area (Å²) in [6.07, 6.45) is 6.41. The van der Waals surface area contributed by atoms with Crippen LogP contribution in [0.1, 0.15) is 15.9 Å². The summed E-state index contributed by atoms with van der Waals surface area (Å²) in [7, 11) is 0. The summed E-state index contributed by atoms with van der Waals surface area (Å²) in [6.45, 7) is 1.75. The summed E-state index contributed by atoms with van der Waals surface area (Å²) in [5, 5.41) is 18.7. The highest BCUT2D eigenvalue weighted by atomic mass is 16.4. The van der Waals surface area contributed by atoms with Gasteiger partial charge in [-0.2, -0.15) is 5.10 Å². The molecule has 7 heteroatoms. The molecule has 1 aromatic carbocycles. The lowest BCUT2D eigenvalue weighted by atomic mass is 10.1. The minimum atomic E-state index is -0.986. The molecule has 118 valence electrons. The third-order valence-corrected chi connectivity index (χ3v) is 3.99. The molecule has 0 spiro atoms. The van der Waals surface area contributed by atoms with Crippen molar-refractivity contribution in [1.82, 2.24) is 19.6 Å². The van der Waals surface area contributed by atoms with Crippen LogP contribution < -0.4 is 5.32 Å². The topological polar surface area (TPSA) is 92.4 Å². The molecule has 4 aromatic rings. The third kappa shape index (κ3) is 2.14. The zero-order chi connectivity index (χ0) is 16.7. The van der Waals surface area contributed by atoms with Gasteiger partial charge in [-0.15, -0.1) is 0 Å². The van der Waals surface area contributed by atoms with Gasteiger partial charge in [-0.1, -0.05) is 12.1 Å². The predicted octanol–water partition coefficient (Wildman–Crippen LogP) is 3.03. The van der Waals surface area contributed by atoms with Crippen molar-refractivity contribution in [2.75, 3.05) is 5.32 Å². The summed E-state index contributed by atoms with van der Waals surface area (Å²) < 4.78 is 1.53. The molecule has 7 nitrogen and oxygen atoms in total. The monoisotopic (exact) mass is 319 g/mol. The Morgan fingerprint density at radius 3 is 3.00 bits per heavy atom. The van der Waals surface area contributed by atoms with Gasteiger partial charge in [0.25, 0.3) is 0 Å². The lowest BCUT2D eigenvalue weighted by molar-refractivity contribution is 0.0696. The molecule has 0 bridgehead atoms. The second kappa shape index (κ2) is 5.31. The lowest BCUT2D eigenvalue weighted by Crippen LogP contribution is -2.00. The SMILES string of the molecule is Cc1c(C(=O)O)cn2ncnc(Nc3cccc4cnccc34)c12. The quantitative estimate of drug-likeness (QED) is 0.603. The molecule has 0 fully saturated rings. The van der Waals surface area contributed by atoms with Crippen molar-refractivity contribution in [1.29, 1.82) is 0 Å². The van der Waals surface area contributed by atoms with Gasteiger partial charge in [0.05, 0.1) is 5.56 Å². The highest BCUT2D eigenvalue weighted by Crippen LogP contribution is 2.29. The van der Waals surface area contributed by atoms with E-state index in [0.29, 0.717) is 16.9 Å². The molecule has 0 radical (unpaired) electrons. The number of carboxylic acid groups (broad SMARTS) is 1. The first-order chi connectivity index (χ1) is 11.6. The molecule has 0 aliphatic carbocycles. The molecular weight excluding hydrogens is 306 g/mol. The Morgan fingerprint density at radius 1 is 1.29 bits per heavy atom. The van der Waals surface area contributed by atoms with Gasteiger partial charge in [0, 0.05) is 35.1 Å². The van der Waals surface area contributed by atoms with Crippen molar-refractivity contribution in [2.45, 2.75) is 6.92 Å². The molecule has 3 heterocycles. The number of anilines is 2. The smallest absolute Gasteiger partial charge is 0.337 e. The average Bonchev–Trinajstić information content (AvgIpc) is 2.93. The number of hydrogen-bond donors (Lipinski definition) is 2. The number of nitrogens with one attached hydrogen (secondary N) is 1. The van der Waals surface area contributed by atoms with Crippen LogP contribution in [-0.4, -0.2) is 30.7 Å². The molecule has 0 amide bonds. The Morgan fingerprint density at radius 2 is 2.17 bits per heavy atom. The van der Waals surface area contributed by atoms with Crippen LogP contribution >= 0.6 is 0 Å². The molecular formula is C17H13N5O2. The Kier molecular flexibility index (Phi) is 3.13. The Bertz CT molecular complexity index is 1080. The van der Waals surface area contributed by atoms with Gasteiger partial charge in [0.2, 0.25) is 0 Å².